The molecule has 212 valence electrons. The Balaban J connectivity index is 1.22. The lowest BCUT2D eigenvalue weighted by molar-refractivity contribution is -0.138. The molecule has 0 bridgehead atoms. The topological polar surface area (TPSA) is 85.6 Å². The summed E-state index contributed by atoms with van der Waals surface area (Å²) in [6.45, 7) is 4.62. The van der Waals surface area contributed by atoms with E-state index in [1.807, 2.05) is 47.4 Å². The second-order valence-corrected chi connectivity index (χ2v) is 10.5. The minimum absolute atomic E-state index is 0.0405. The first kappa shape index (κ1) is 25.9. The van der Waals surface area contributed by atoms with E-state index in [2.05, 4.69) is 22.0 Å². The molecule has 6 aromatic rings. The van der Waals surface area contributed by atoms with Crippen molar-refractivity contribution in [3.05, 3.63) is 83.3 Å². The summed E-state index contributed by atoms with van der Waals surface area (Å²) in [6.07, 6.45) is 1.08. The van der Waals surface area contributed by atoms with Gasteiger partial charge in [0.2, 0.25) is 0 Å². The number of methoxy groups -OCH3 is 2. The summed E-state index contributed by atoms with van der Waals surface area (Å²) in [4.78, 5) is 36.1. The van der Waals surface area contributed by atoms with Crippen LogP contribution in [-0.2, 0) is 4.79 Å². The number of para-hydroxylation sites is 1. The average molecular weight is 563 g/mol. The normalized spacial score (nSPS) is 14.6. The minimum atomic E-state index is -0.658. The molecule has 4 heterocycles. The fraction of sp³-hybridized carbons (Fsp3) is 0.242. The van der Waals surface area contributed by atoms with Crippen LogP contribution in [0.25, 0.3) is 38.1 Å². The molecular weight excluding hydrogens is 532 g/mol. The van der Waals surface area contributed by atoms with Crippen molar-refractivity contribution in [2.45, 2.75) is 13.0 Å². The van der Waals surface area contributed by atoms with Crippen LogP contribution in [-0.4, -0.2) is 66.7 Å². The van der Waals surface area contributed by atoms with Crippen molar-refractivity contribution in [2.75, 3.05) is 45.3 Å². The highest BCUT2D eigenvalue weighted by Crippen LogP contribution is 2.39. The van der Waals surface area contributed by atoms with Crippen molar-refractivity contribution in [2.24, 2.45) is 0 Å². The summed E-state index contributed by atoms with van der Waals surface area (Å²) in [5.74, 6) is 1.38. The third kappa shape index (κ3) is 3.95. The Morgan fingerprint density at radius 1 is 0.881 bits per heavy atom. The van der Waals surface area contributed by atoms with Gasteiger partial charge < -0.3 is 24.0 Å². The Morgan fingerprint density at radius 2 is 1.67 bits per heavy atom. The molecule has 0 radical (unpaired) electrons. The standard InChI is InChI=1S/C33H30N4O5/c1-20(32(38)36-17-15-35(16-18-36)21-7-5-4-6-8-21)42-22-9-11-26-25(19-22)23-13-14-34-29-24-10-12-27(40-2)31(41-3)28(24)33(39)37(26)30(23)29/h4-14,19-20H,15-18H2,1-3H3/t20-/m1/s1. The van der Waals surface area contributed by atoms with Crippen LogP contribution in [0, 0.1) is 0 Å². The first-order chi connectivity index (χ1) is 20.5. The van der Waals surface area contributed by atoms with Crippen molar-refractivity contribution >= 4 is 49.7 Å². The lowest BCUT2D eigenvalue weighted by Gasteiger charge is -2.37. The maximum absolute atomic E-state index is 14.0. The number of hydrogen-bond donors (Lipinski definition) is 0. The highest BCUT2D eigenvalue weighted by Gasteiger charge is 2.27. The Labute approximate surface area is 241 Å². The molecule has 0 spiro atoms. The van der Waals surface area contributed by atoms with Crippen LogP contribution < -0.4 is 24.7 Å². The molecule has 0 N–H and O–H groups in total. The molecule has 0 unspecified atom stereocenters. The number of hydrogen-bond acceptors (Lipinski definition) is 7. The zero-order valence-electron chi connectivity index (χ0n) is 23.7. The molecule has 1 saturated heterocycles. The third-order valence-electron chi connectivity index (χ3n) is 8.24. The van der Waals surface area contributed by atoms with Crippen molar-refractivity contribution in [1.29, 1.82) is 0 Å². The van der Waals surface area contributed by atoms with Crippen molar-refractivity contribution in [3.8, 4) is 17.2 Å². The number of carbonyl (C=O) groups is 1. The number of ether oxygens (including phenoxy) is 3. The molecule has 3 aromatic carbocycles. The van der Waals surface area contributed by atoms with Gasteiger partial charge >= 0.3 is 0 Å². The van der Waals surface area contributed by atoms with Gasteiger partial charge in [0.25, 0.3) is 11.5 Å². The van der Waals surface area contributed by atoms with Crippen LogP contribution >= 0.6 is 0 Å². The van der Waals surface area contributed by atoms with Crippen LogP contribution in [0.2, 0.25) is 0 Å². The molecule has 1 atom stereocenters. The molecule has 9 heteroatoms. The Bertz CT molecular complexity index is 2020. The van der Waals surface area contributed by atoms with Gasteiger partial charge in [-0.15, -0.1) is 0 Å². The fourth-order valence-electron chi connectivity index (χ4n) is 6.21. The fourth-order valence-corrected chi connectivity index (χ4v) is 6.21. The van der Waals surface area contributed by atoms with E-state index in [4.69, 9.17) is 14.2 Å². The number of carbonyl (C=O) groups excluding carboxylic acids is 1. The first-order valence-corrected chi connectivity index (χ1v) is 14.0. The van der Waals surface area contributed by atoms with Gasteiger partial charge in [0.15, 0.2) is 17.6 Å². The number of amides is 1. The van der Waals surface area contributed by atoms with Gasteiger partial charge in [0.05, 0.1) is 36.2 Å². The van der Waals surface area contributed by atoms with E-state index in [-0.39, 0.29) is 11.5 Å². The smallest absolute Gasteiger partial charge is 0.267 e. The summed E-state index contributed by atoms with van der Waals surface area (Å²) in [5.41, 5.74) is 3.11. The number of nitrogens with zero attached hydrogens (tertiary/aromatic N) is 4. The Morgan fingerprint density at radius 3 is 2.40 bits per heavy atom. The predicted octanol–water partition coefficient (Wildman–Crippen LogP) is 4.73. The number of fused-ring (bicyclic) bond motifs is 5. The van der Waals surface area contributed by atoms with E-state index in [1.54, 1.807) is 36.8 Å². The second-order valence-electron chi connectivity index (χ2n) is 10.5. The van der Waals surface area contributed by atoms with Gasteiger partial charge in [-0.3, -0.25) is 19.0 Å². The molecular formula is C33H30N4O5. The van der Waals surface area contributed by atoms with Gasteiger partial charge in [0.1, 0.15) is 5.75 Å². The highest BCUT2D eigenvalue weighted by molar-refractivity contribution is 6.19. The second kappa shape index (κ2) is 10.1. The molecule has 0 aliphatic carbocycles. The van der Waals surface area contributed by atoms with Crippen LogP contribution in [0.15, 0.2) is 77.7 Å². The van der Waals surface area contributed by atoms with Crippen molar-refractivity contribution < 1.29 is 19.0 Å². The van der Waals surface area contributed by atoms with E-state index in [9.17, 15) is 9.59 Å². The van der Waals surface area contributed by atoms with Gasteiger partial charge in [-0.05, 0) is 55.5 Å². The quantitative estimate of drug-likeness (QED) is 0.272. The van der Waals surface area contributed by atoms with Crippen LogP contribution in [0.3, 0.4) is 0 Å². The molecule has 1 fully saturated rings. The Hall–Kier alpha value is -5.05. The number of pyridine rings is 2. The predicted molar refractivity (Wildman–Crippen MR) is 164 cm³/mol. The van der Waals surface area contributed by atoms with Gasteiger partial charge in [0, 0.05) is 54.2 Å². The average Bonchev–Trinajstić information content (AvgIpc) is 3.37. The molecule has 1 aliphatic heterocycles. The molecule has 3 aromatic heterocycles. The molecule has 1 aliphatic rings. The number of aromatic nitrogens is 2. The summed E-state index contributed by atoms with van der Waals surface area (Å²) in [5, 5.41) is 2.83. The van der Waals surface area contributed by atoms with Crippen LogP contribution in [0.4, 0.5) is 5.69 Å². The molecule has 1 amide bonds. The first-order valence-electron chi connectivity index (χ1n) is 14.0. The Kier molecular flexibility index (Phi) is 6.22. The summed E-state index contributed by atoms with van der Waals surface area (Å²) in [7, 11) is 3.07. The zero-order valence-corrected chi connectivity index (χ0v) is 23.7. The van der Waals surface area contributed by atoms with E-state index in [0.717, 1.165) is 34.9 Å². The molecule has 42 heavy (non-hydrogen) atoms. The summed E-state index contributed by atoms with van der Waals surface area (Å²) < 4.78 is 19.0. The zero-order chi connectivity index (χ0) is 29.0. The van der Waals surface area contributed by atoms with Crippen molar-refractivity contribution in [3.63, 3.8) is 0 Å². The molecule has 9 nitrogen and oxygen atoms in total. The third-order valence-corrected chi connectivity index (χ3v) is 8.24. The molecule has 7 rings (SSSR count). The van der Waals surface area contributed by atoms with Gasteiger partial charge in [-0.2, -0.15) is 0 Å². The SMILES string of the molecule is COc1ccc2c(c1OC)c(=O)n1c3ccc(O[C@H](C)C(=O)N4CCN(c5ccccc5)CC4)cc3c3ccnc2c31. The highest BCUT2D eigenvalue weighted by atomic mass is 16.5. The monoisotopic (exact) mass is 562 g/mol. The molecule has 0 saturated carbocycles. The van der Waals surface area contributed by atoms with Gasteiger partial charge in [-0.1, -0.05) is 18.2 Å². The van der Waals surface area contributed by atoms with Gasteiger partial charge in [-0.25, -0.2) is 0 Å². The van der Waals surface area contributed by atoms with Crippen molar-refractivity contribution in [1.82, 2.24) is 14.3 Å². The van der Waals surface area contributed by atoms with E-state index in [1.165, 1.54) is 12.8 Å². The number of piperazine rings is 1. The summed E-state index contributed by atoms with van der Waals surface area (Å²) in [6, 6.07) is 21.4. The number of rotatable bonds is 6. The van der Waals surface area contributed by atoms with Crippen LogP contribution in [0.1, 0.15) is 6.92 Å². The maximum atomic E-state index is 14.0. The van der Waals surface area contributed by atoms with E-state index < -0.39 is 6.10 Å². The van der Waals surface area contributed by atoms with E-state index in [0.29, 0.717) is 46.6 Å². The lowest BCUT2D eigenvalue weighted by atomic mass is 10.1. The minimum Gasteiger partial charge on any atom is -0.493 e. The largest absolute Gasteiger partial charge is 0.493 e. The number of benzene rings is 3. The summed E-state index contributed by atoms with van der Waals surface area (Å²) >= 11 is 0. The maximum Gasteiger partial charge on any atom is 0.267 e. The lowest BCUT2D eigenvalue weighted by Crippen LogP contribution is -2.52. The number of anilines is 1. The van der Waals surface area contributed by atoms with Crippen LogP contribution in [0.5, 0.6) is 17.2 Å². The van der Waals surface area contributed by atoms with E-state index >= 15 is 0 Å².